The number of hydrogen-bond acceptors (Lipinski definition) is 8. The highest BCUT2D eigenvalue weighted by molar-refractivity contribution is 6.31. The molecule has 0 spiro atoms. The Morgan fingerprint density at radius 3 is 1.36 bits per heavy atom. The molecular weight excluding hydrogens is 460 g/mol. The summed E-state index contributed by atoms with van der Waals surface area (Å²) in [6.45, 7) is 1.34. The van der Waals surface area contributed by atoms with Crippen molar-refractivity contribution in [1.29, 1.82) is 0 Å². The molecule has 0 saturated carbocycles. The number of carbonyl (C=O) groups is 2. The van der Waals surface area contributed by atoms with E-state index in [0.29, 0.717) is 46.7 Å². The van der Waals surface area contributed by atoms with Crippen molar-refractivity contribution >= 4 is 22.9 Å². The van der Waals surface area contributed by atoms with Gasteiger partial charge in [0.25, 0.3) is 0 Å². The van der Waals surface area contributed by atoms with Crippen molar-refractivity contribution in [2.75, 3.05) is 52.2 Å². The molecule has 2 aromatic rings. The molecule has 0 aromatic heterocycles. The first-order valence-corrected chi connectivity index (χ1v) is 12.5. The molecule has 0 fully saturated rings. The van der Waals surface area contributed by atoms with Crippen LogP contribution in [0.4, 0.5) is 11.4 Å². The van der Waals surface area contributed by atoms with E-state index in [-0.39, 0.29) is 24.1 Å². The van der Waals surface area contributed by atoms with Gasteiger partial charge < -0.3 is 29.6 Å². The minimum atomic E-state index is -0.214. The van der Waals surface area contributed by atoms with Crippen LogP contribution in [0, 0.1) is 0 Å². The predicted molar refractivity (Wildman–Crippen MR) is 140 cm³/mol. The fourth-order valence-electron chi connectivity index (χ4n) is 4.50. The third-order valence-corrected chi connectivity index (χ3v) is 6.49. The fraction of sp³-hybridized carbons (Fsp3) is 0.500. The van der Waals surface area contributed by atoms with Gasteiger partial charge in [0.2, 0.25) is 0 Å². The Kier molecular flexibility index (Phi) is 10.9. The van der Waals surface area contributed by atoms with Gasteiger partial charge in [-0.25, -0.2) is 0 Å². The lowest BCUT2D eigenvalue weighted by Gasteiger charge is -2.24. The molecule has 0 radical (unpaired) electrons. The molecule has 1 aliphatic carbocycles. The number of rotatable bonds is 16. The summed E-state index contributed by atoms with van der Waals surface area (Å²) < 4.78 is 20.9. The predicted octanol–water partition coefficient (Wildman–Crippen LogP) is 4.86. The minimum absolute atomic E-state index is 0.131. The molecule has 196 valence electrons. The molecule has 3 rings (SSSR count). The van der Waals surface area contributed by atoms with E-state index >= 15 is 0 Å². The zero-order valence-electron chi connectivity index (χ0n) is 21.7. The topological polar surface area (TPSA) is 95.1 Å². The second-order valence-corrected chi connectivity index (χ2v) is 8.76. The average molecular weight is 499 g/mol. The lowest BCUT2D eigenvalue weighted by atomic mass is 9.82. The van der Waals surface area contributed by atoms with E-state index in [1.54, 1.807) is 52.7 Å². The summed E-state index contributed by atoms with van der Waals surface area (Å²) in [6, 6.07) is 10.8. The molecule has 0 amide bonds. The first-order valence-electron chi connectivity index (χ1n) is 12.5. The van der Waals surface area contributed by atoms with Crippen LogP contribution in [0.1, 0.15) is 70.4 Å². The van der Waals surface area contributed by atoms with Crippen LogP contribution in [0.15, 0.2) is 36.4 Å². The molecular formula is C28H38N2O6. The van der Waals surface area contributed by atoms with Gasteiger partial charge in [-0.2, -0.15) is 0 Å². The van der Waals surface area contributed by atoms with E-state index in [1.165, 1.54) is 0 Å². The van der Waals surface area contributed by atoms with E-state index in [0.717, 1.165) is 38.5 Å². The molecule has 8 heteroatoms. The number of benzene rings is 2. The van der Waals surface area contributed by atoms with E-state index < -0.39 is 0 Å². The van der Waals surface area contributed by atoms with Crippen LogP contribution in [0.5, 0.6) is 0 Å². The van der Waals surface area contributed by atoms with Crippen LogP contribution in [0.2, 0.25) is 0 Å². The molecule has 2 N–H and O–H groups in total. The van der Waals surface area contributed by atoms with Crippen LogP contribution >= 0.6 is 0 Å². The van der Waals surface area contributed by atoms with Crippen LogP contribution in [-0.4, -0.2) is 65.7 Å². The minimum Gasteiger partial charge on any atom is -0.384 e. The highest BCUT2D eigenvalue weighted by Gasteiger charge is 2.33. The number of ether oxygens (including phenoxy) is 4. The van der Waals surface area contributed by atoms with Crippen LogP contribution in [-0.2, 0) is 18.9 Å². The number of nitrogens with one attached hydrogen (secondary N) is 2. The van der Waals surface area contributed by atoms with Crippen molar-refractivity contribution in [2.45, 2.75) is 51.1 Å². The molecule has 1 aliphatic rings. The number of anilines is 2. The Morgan fingerprint density at radius 2 is 1.00 bits per heavy atom. The van der Waals surface area contributed by atoms with Gasteiger partial charge in [0, 0.05) is 64.0 Å². The molecule has 0 heterocycles. The molecule has 36 heavy (non-hydrogen) atoms. The highest BCUT2D eigenvalue weighted by Crippen LogP contribution is 2.36. The maximum absolute atomic E-state index is 13.5. The zero-order valence-corrected chi connectivity index (χ0v) is 21.7. The highest BCUT2D eigenvalue weighted by atomic mass is 16.7. The standard InChI is InChI=1S/C28H38N2O6/c1-33-23(34-2)13-7-9-17-29-21-15-16-22(30-18-10-8-14-24(35-3)36-4)26-25(21)27(31)19-11-5-6-12-20(19)28(26)32/h5-6,11-12,15-16,23-24,29-30H,7-10,13-14,17-18H2,1-4H3. The van der Waals surface area contributed by atoms with Gasteiger partial charge in [0.05, 0.1) is 11.1 Å². The number of ketones is 2. The van der Waals surface area contributed by atoms with Gasteiger partial charge in [-0.1, -0.05) is 24.3 Å². The van der Waals surface area contributed by atoms with E-state index in [9.17, 15) is 9.59 Å². The molecule has 0 unspecified atom stereocenters. The Balaban J connectivity index is 1.74. The van der Waals surface area contributed by atoms with E-state index in [1.807, 2.05) is 12.1 Å². The van der Waals surface area contributed by atoms with Gasteiger partial charge in [-0.3, -0.25) is 9.59 Å². The monoisotopic (exact) mass is 498 g/mol. The summed E-state index contributed by atoms with van der Waals surface area (Å²) in [5.41, 5.74) is 3.14. The second kappa shape index (κ2) is 14.1. The summed E-state index contributed by atoms with van der Waals surface area (Å²) in [6.07, 6.45) is 4.71. The SMILES string of the molecule is COC(CCCCNc1ccc(NCCCCC(OC)OC)c2c1C(=O)c1ccccc1C2=O)OC. The Bertz CT molecular complexity index is 937. The van der Waals surface area contributed by atoms with Crippen LogP contribution in [0.25, 0.3) is 0 Å². The van der Waals surface area contributed by atoms with Crippen molar-refractivity contribution < 1.29 is 28.5 Å². The summed E-state index contributed by atoms with van der Waals surface area (Å²) in [5.74, 6) is -0.263. The van der Waals surface area contributed by atoms with Gasteiger partial charge in [0.1, 0.15) is 0 Å². The van der Waals surface area contributed by atoms with Gasteiger partial charge in [-0.05, 0) is 50.7 Å². The number of hydrogen-bond donors (Lipinski definition) is 2. The molecule has 2 aromatic carbocycles. The quantitative estimate of drug-likeness (QED) is 0.213. The largest absolute Gasteiger partial charge is 0.384 e. The van der Waals surface area contributed by atoms with Crippen molar-refractivity contribution in [3.05, 3.63) is 58.7 Å². The van der Waals surface area contributed by atoms with Crippen LogP contribution in [0.3, 0.4) is 0 Å². The second-order valence-electron chi connectivity index (χ2n) is 8.76. The van der Waals surface area contributed by atoms with Crippen LogP contribution < -0.4 is 10.6 Å². The van der Waals surface area contributed by atoms with Crippen molar-refractivity contribution in [3.8, 4) is 0 Å². The Morgan fingerprint density at radius 1 is 0.611 bits per heavy atom. The Hall–Kier alpha value is -2.78. The number of fused-ring (bicyclic) bond motifs is 2. The summed E-state index contributed by atoms with van der Waals surface area (Å²) in [4.78, 5) is 27.0. The van der Waals surface area contributed by atoms with Gasteiger partial charge in [-0.15, -0.1) is 0 Å². The van der Waals surface area contributed by atoms with Crippen molar-refractivity contribution in [3.63, 3.8) is 0 Å². The Labute approximate surface area is 213 Å². The molecule has 0 saturated heterocycles. The number of methoxy groups -OCH3 is 4. The molecule has 0 atom stereocenters. The maximum Gasteiger partial charge on any atom is 0.196 e. The van der Waals surface area contributed by atoms with Gasteiger partial charge in [0.15, 0.2) is 24.1 Å². The number of unbranched alkanes of at least 4 members (excludes halogenated alkanes) is 2. The molecule has 0 bridgehead atoms. The smallest absolute Gasteiger partial charge is 0.196 e. The first-order chi connectivity index (χ1) is 17.5. The molecule has 8 nitrogen and oxygen atoms in total. The van der Waals surface area contributed by atoms with Gasteiger partial charge >= 0.3 is 0 Å². The normalized spacial score (nSPS) is 12.7. The van der Waals surface area contributed by atoms with Crippen molar-refractivity contribution in [2.24, 2.45) is 0 Å². The first kappa shape index (κ1) is 27.8. The lowest BCUT2D eigenvalue weighted by molar-refractivity contribution is -0.107. The summed E-state index contributed by atoms with van der Waals surface area (Å²) in [7, 11) is 6.52. The van der Waals surface area contributed by atoms with E-state index in [2.05, 4.69) is 10.6 Å². The van der Waals surface area contributed by atoms with Crippen molar-refractivity contribution in [1.82, 2.24) is 0 Å². The van der Waals surface area contributed by atoms with E-state index in [4.69, 9.17) is 18.9 Å². The maximum atomic E-state index is 13.5. The number of carbonyl (C=O) groups excluding carboxylic acids is 2. The third kappa shape index (κ3) is 6.70. The average Bonchev–Trinajstić information content (AvgIpc) is 2.91. The lowest BCUT2D eigenvalue weighted by Crippen LogP contribution is -2.24. The molecule has 0 aliphatic heterocycles. The third-order valence-electron chi connectivity index (χ3n) is 6.49. The summed E-state index contributed by atoms with van der Waals surface area (Å²) >= 11 is 0. The zero-order chi connectivity index (χ0) is 25.9. The fourth-order valence-corrected chi connectivity index (χ4v) is 4.50. The summed E-state index contributed by atoms with van der Waals surface area (Å²) in [5, 5.41) is 6.77.